The third kappa shape index (κ3) is 1.75. The second-order valence-electron chi connectivity index (χ2n) is 3.83. The van der Waals surface area contributed by atoms with Gasteiger partial charge in [-0.1, -0.05) is 29.8 Å². The highest BCUT2D eigenvalue weighted by Gasteiger charge is 2.04. The lowest BCUT2D eigenvalue weighted by atomic mass is 10.1. The second-order valence-corrected chi connectivity index (χ2v) is 4.20. The summed E-state index contributed by atoms with van der Waals surface area (Å²) in [6, 6.07) is 8.48. The van der Waals surface area contributed by atoms with Crippen LogP contribution in [0.15, 0.2) is 30.5 Å². The number of aromatic nitrogens is 2. The third-order valence-corrected chi connectivity index (χ3v) is 3.18. The molecule has 1 heterocycles. The van der Waals surface area contributed by atoms with E-state index in [1.165, 1.54) is 11.1 Å². The molecule has 0 bridgehead atoms. The molecule has 1 aromatic heterocycles. The maximum atomic E-state index is 5.27. The highest BCUT2D eigenvalue weighted by Crippen LogP contribution is 2.19. The predicted octanol–water partition coefficient (Wildman–Crippen LogP) is 3.07. The molecule has 0 saturated carbocycles. The largest absolute Gasteiger partial charge is 0.326 e. The molecule has 0 aliphatic carbocycles. The lowest BCUT2D eigenvalue weighted by Crippen LogP contribution is -1.92. The highest BCUT2D eigenvalue weighted by atomic mass is 32.1. The Morgan fingerprint density at radius 3 is 2.13 bits per heavy atom. The zero-order chi connectivity index (χ0) is 11.0. The van der Waals surface area contributed by atoms with Crippen LogP contribution >= 0.6 is 12.2 Å². The molecule has 15 heavy (non-hydrogen) atoms. The van der Waals surface area contributed by atoms with Gasteiger partial charge in [-0.15, -0.1) is 0 Å². The summed E-state index contributed by atoms with van der Waals surface area (Å²) in [6.07, 6.45) is 2.06. The number of rotatable bonds is 1. The average molecular weight is 218 g/mol. The molecule has 0 fully saturated rings. The predicted molar refractivity (Wildman–Crippen MR) is 65.4 cm³/mol. The number of aryl methyl sites for hydroxylation is 2. The first-order valence-corrected chi connectivity index (χ1v) is 5.30. The molecule has 78 valence electrons. The van der Waals surface area contributed by atoms with Crippen molar-refractivity contribution in [3.8, 4) is 11.3 Å². The Balaban J connectivity index is 2.59. The van der Waals surface area contributed by atoms with Gasteiger partial charge in [0.15, 0.2) is 4.77 Å². The minimum absolute atomic E-state index is 0.838. The van der Waals surface area contributed by atoms with E-state index in [2.05, 4.69) is 37.4 Å². The van der Waals surface area contributed by atoms with Crippen molar-refractivity contribution < 1.29 is 0 Å². The van der Waals surface area contributed by atoms with E-state index in [9.17, 15) is 0 Å². The van der Waals surface area contributed by atoms with E-state index >= 15 is 0 Å². The smallest absolute Gasteiger partial charge is 0.179 e. The molecule has 0 aliphatic heterocycles. The van der Waals surface area contributed by atoms with Crippen molar-refractivity contribution in [1.82, 2.24) is 9.13 Å². The van der Waals surface area contributed by atoms with Gasteiger partial charge in [0.05, 0.1) is 5.69 Å². The Morgan fingerprint density at radius 1 is 1.07 bits per heavy atom. The van der Waals surface area contributed by atoms with Gasteiger partial charge in [0.1, 0.15) is 0 Å². The van der Waals surface area contributed by atoms with Gasteiger partial charge in [0.2, 0.25) is 0 Å². The van der Waals surface area contributed by atoms with Crippen molar-refractivity contribution in [2.45, 2.75) is 6.92 Å². The third-order valence-electron chi connectivity index (χ3n) is 2.61. The van der Waals surface area contributed by atoms with Crippen LogP contribution in [0.5, 0.6) is 0 Å². The Bertz CT molecular complexity index is 532. The fourth-order valence-corrected chi connectivity index (χ4v) is 1.81. The molecule has 1 aromatic carbocycles. The number of imidazole rings is 1. The van der Waals surface area contributed by atoms with Gasteiger partial charge in [0, 0.05) is 20.3 Å². The summed E-state index contributed by atoms with van der Waals surface area (Å²) < 4.78 is 4.83. The van der Waals surface area contributed by atoms with Crippen molar-refractivity contribution in [3.05, 3.63) is 40.8 Å². The number of benzene rings is 1. The Morgan fingerprint density at radius 2 is 1.67 bits per heavy atom. The monoisotopic (exact) mass is 218 g/mol. The van der Waals surface area contributed by atoms with E-state index in [1.807, 2.05) is 23.2 Å². The molecule has 0 spiro atoms. The molecule has 2 aromatic rings. The summed E-state index contributed by atoms with van der Waals surface area (Å²) in [5.41, 5.74) is 3.63. The van der Waals surface area contributed by atoms with E-state index in [0.717, 1.165) is 10.5 Å². The Labute approximate surface area is 94.8 Å². The molecule has 0 aliphatic rings. The molecule has 2 nitrogen and oxygen atoms in total. The SMILES string of the molecule is Cc1ccc(-c2cn(C)c(=S)n2C)cc1. The van der Waals surface area contributed by atoms with Crippen molar-refractivity contribution in [1.29, 1.82) is 0 Å². The van der Waals surface area contributed by atoms with Crippen molar-refractivity contribution >= 4 is 12.2 Å². The summed E-state index contributed by atoms with van der Waals surface area (Å²) >= 11 is 5.27. The number of nitrogens with zero attached hydrogens (tertiary/aromatic N) is 2. The maximum Gasteiger partial charge on any atom is 0.179 e. The van der Waals surface area contributed by atoms with Crippen LogP contribution in [0.25, 0.3) is 11.3 Å². The van der Waals surface area contributed by atoms with Crippen LogP contribution in [-0.4, -0.2) is 9.13 Å². The van der Waals surface area contributed by atoms with Crippen molar-refractivity contribution in [2.75, 3.05) is 0 Å². The van der Waals surface area contributed by atoms with Crippen LogP contribution < -0.4 is 0 Å². The Hall–Kier alpha value is -1.35. The number of hydrogen-bond acceptors (Lipinski definition) is 1. The molecule has 0 radical (unpaired) electrons. The van der Waals surface area contributed by atoms with Crippen LogP contribution in [0.3, 0.4) is 0 Å². The zero-order valence-corrected chi connectivity index (χ0v) is 10.0. The Kier molecular flexibility index (Phi) is 2.49. The van der Waals surface area contributed by atoms with Gasteiger partial charge < -0.3 is 9.13 Å². The van der Waals surface area contributed by atoms with Crippen LogP contribution in [0, 0.1) is 11.7 Å². The van der Waals surface area contributed by atoms with E-state index < -0.39 is 0 Å². The molecular weight excluding hydrogens is 204 g/mol. The lowest BCUT2D eigenvalue weighted by molar-refractivity contribution is 0.816. The first-order valence-electron chi connectivity index (χ1n) is 4.89. The van der Waals surface area contributed by atoms with E-state index in [-0.39, 0.29) is 0 Å². The summed E-state index contributed by atoms with van der Waals surface area (Å²) in [5.74, 6) is 0. The van der Waals surface area contributed by atoms with Gasteiger partial charge >= 0.3 is 0 Å². The van der Waals surface area contributed by atoms with Crippen molar-refractivity contribution in [3.63, 3.8) is 0 Å². The van der Waals surface area contributed by atoms with E-state index in [1.54, 1.807) is 0 Å². The highest BCUT2D eigenvalue weighted by molar-refractivity contribution is 7.71. The van der Waals surface area contributed by atoms with Crippen LogP contribution in [0.4, 0.5) is 0 Å². The van der Waals surface area contributed by atoms with Gasteiger partial charge in [-0.2, -0.15) is 0 Å². The van der Waals surface area contributed by atoms with Crippen LogP contribution in [0.2, 0.25) is 0 Å². The lowest BCUT2D eigenvalue weighted by Gasteiger charge is -2.02. The van der Waals surface area contributed by atoms with Gasteiger partial charge in [0.25, 0.3) is 0 Å². The second kappa shape index (κ2) is 3.66. The topological polar surface area (TPSA) is 9.86 Å². The standard InChI is InChI=1S/C12H14N2S/c1-9-4-6-10(7-5-9)11-8-13(2)12(15)14(11)3/h4-8H,1-3H3. The van der Waals surface area contributed by atoms with Crippen LogP contribution in [0.1, 0.15) is 5.56 Å². The van der Waals surface area contributed by atoms with Crippen LogP contribution in [-0.2, 0) is 14.1 Å². The molecule has 0 saturated heterocycles. The molecule has 0 unspecified atom stereocenters. The summed E-state index contributed by atoms with van der Waals surface area (Å²) in [5, 5.41) is 0. The minimum atomic E-state index is 0.838. The summed E-state index contributed by atoms with van der Waals surface area (Å²) in [4.78, 5) is 0. The van der Waals surface area contributed by atoms with Gasteiger partial charge in [-0.05, 0) is 24.7 Å². The quantitative estimate of drug-likeness (QED) is 0.669. The normalized spacial score (nSPS) is 10.6. The molecule has 2 rings (SSSR count). The fraction of sp³-hybridized carbons (Fsp3) is 0.250. The van der Waals surface area contributed by atoms with Gasteiger partial charge in [-0.3, -0.25) is 0 Å². The molecule has 3 heteroatoms. The first kappa shape index (κ1) is 10.2. The maximum absolute atomic E-state index is 5.27. The van der Waals surface area contributed by atoms with Crippen molar-refractivity contribution in [2.24, 2.45) is 14.1 Å². The fourth-order valence-electron chi connectivity index (χ4n) is 1.66. The summed E-state index contributed by atoms with van der Waals surface area (Å²) in [7, 11) is 3.97. The minimum Gasteiger partial charge on any atom is -0.326 e. The van der Waals surface area contributed by atoms with E-state index in [4.69, 9.17) is 12.2 Å². The molecule has 0 atom stereocenters. The zero-order valence-electron chi connectivity index (χ0n) is 9.19. The molecule has 0 N–H and O–H groups in total. The molecule has 0 amide bonds. The number of hydrogen-bond donors (Lipinski definition) is 0. The molecular formula is C12H14N2S. The summed E-state index contributed by atoms with van der Waals surface area (Å²) in [6.45, 7) is 2.09. The average Bonchev–Trinajstić information content (AvgIpc) is 2.47. The van der Waals surface area contributed by atoms with Gasteiger partial charge in [-0.25, -0.2) is 0 Å². The first-order chi connectivity index (χ1) is 7.09. The van der Waals surface area contributed by atoms with E-state index in [0.29, 0.717) is 0 Å².